The fourth-order valence-electron chi connectivity index (χ4n) is 3.85. The van der Waals surface area contributed by atoms with Crippen molar-refractivity contribution < 1.29 is 9.53 Å². The average Bonchev–Trinajstić information content (AvgIpc) is 3.27. The molecule has 5 aromatic rings. The van der Waals surface area contributed by atoms with Gasteiger partial charge in [0.15, 0.2) is 0 Å². The summed E-state index contributed by atoms with van der Waals surface area (Å²) in [5.74, 6) is 0.263. The third-order valence-electron chi connectivity index (χ3n) is 5.40. The van der Waals surface area contributed by atoms with Crippen LogP contribution in [0.1, 0.15) is 6.92 Å². The van der Waals surface area contributed by atoms with Crippen molar-refractivity contribution >= 4 is 43.9 Å². The molecular formula is C26H21N3O3S. The zero-order valence-corrected chi connectivity index (χ0v) is 18.8. The first-order chi connectivity index (χ1) is 16.1. The second-order valence-corrected chi connectivity index (χ2v) is 8.40. The Morgan fingerprint density at radius 1 is 1.06 bits per heavy atom. The molecule has 0 aliphatic rings. The molecule has 0 bridgehead atoms. The van der Waals surface area contributed by atoms with Crippen LogP contribution in [0.15, 0.2) is 83.2 Å². The van der Waals surface area contributed by atoms with E-state index < -0.39 is 0 Å². The Kier molecular flexibility index (Phi) is 5.62. The summed E-state index contributed by atoms with van der Waals surface area (Å²) in [6.07, 6.45) is 1.43. The lowest BCUT2D eigenvalue weighted by atomic mass is 10.0. The molecule has 33 heavy (non-hydrogen) atoms. The maximum atomic E-state index is 13.3. The number of amides is 1. The predicted molar refractivity (Wildman–Crippen MR) is 133 cm³/mol. The van der Waals surface area contributed by atoms with Gasteiger partial charge in [0, 0.05) is 10.9 Å². The molecule has 2 heterocycles. The maximum Gasteiger partial charge on any atom is 0.263 e. The average molecular weight is 456 g/mol. The minimum Gasteiger partial charge on any atom is -0.492 e. The maximum absolute atomic E-state index is 13.3. The summed E-state index contributed by atoms with van der Waals surface area (Å²) >= 11 is 1.42. The highest BCUT2D eigenvalue weighted by Crippen LogP contribution is 2.32. The second-order valence-electron chi connectivity index (χ2n) is 7.55. The van der Waals surface area contributed by atoms with Gasteiger partial charge in [-0.2, -0.15) is 0 Å². The molecule has 0 aliphatic heterocycles. The Hall–Kier alpha value is -3.97. The number of rotatable bonds is 6. The SMILES string of the molecule is CCOc1ccccc1NC(=O)Cn1cnc2scc(-c3ccc4ccccc4c3)c2c1=O. The minimum atomic E-state index is -0.326. The van der Waals surface area contributed by atoms with Gasteiger partial charge in [0.25, 0.3) is 5.56 Å². The van der Waals surface area contributed by atoms with Crippen LogP contribution in [0.2, 0.25) is 0 Å². The minimum absolute atomic E-state index is 0.144. The second kappa shape index (κ2) is 8.88. The molecule has 6 nitrogen and oxygen atoms in total. The van der Waals surface area contributed by atoms with Gasteiger partial charge in [-0.05, 0) is 41.5 Å². The van der Waals surface area contributed by atoms with E-state index in [-0.39, 0.29) is 18.0 Å². The van der Waals surface area contributed by atoms with Crippen molar-refractivity contribution in [2.45, 2.75) is 13.5 Å². The summed E-state index contributed by atoms with van der Waals surface area (Å²) < 4.78 is 6.91. The lowest BCUT2D eigenvalue weighted by Crippen LogP contribution is -2.28. The third kappa shape index (κ3) is 4.10. The number of fused-ring (bicyclic) bond motifs is 2. The van der Waals surface area contributed by atoms with Crippen molar-refractivity contribution in [2.24, 2.45) is 0 Å². The summed E-state index contributed by atoms with van der Waals surface area (Å²) in [7, 11) is 0. The molecule has 0 unspecified atom stereocenters. The van der Waals surface area contributed by atoms with Gasteiger partial charge in [-0.15, -0.1) is 11.3 Å². The van der Waals surface area contributed by atoms with Crippen LogP contribution in [-0.2, 0) is 11.3 Å². The number of carbonyl (C=O) groups is 1. The van der Waals surface area contributed by atoms with E-state index in [1.165, 1.54) is 22.2 Å². The summed E-state index contributed by atoms with van der Waals surface area (Å²) in [5.41, 5.74) is 2.11. The van der Waals surface area contributed by atoms with Gasteiger partial charge >= 0.3 is 0 Å². The summed E-state index contributed by atoms with van der Waals surface area (Å²) in [4.78, 5) is 31.1. The van der Waals surface area contributed by atoms with Crippen molar-refractivity contribution in [3.8, 4) is 16.9 Å². The van der Waals surface area contributed by atoms with Crippen molar-refractivity contribution in [3.05, 3.63) is 88.8 Å². The summed E-state index contributed by atoms with van der Waals surface area (Å²) in [6.45, 7) is 2.23. The number of nitrogens with zero attached hydrogens (tertiary/aromatic N) is 2. The molecule has 0 atom stereocenters. The Morgan fingerprint density at radius 2 is 1.85 bits per heavy atom. The number of anilines is 1. The fraction of sp³-hybridized carbons (Fsp3) is 0.115. The van der Waals surface area contributed by atoms with Crippen LogP contribution in [0.4, 0.5) is 5.69 Å². The van der Waals surface area contributed by atoms with Crippen molar-refractivity contribution in [1.82, 2.24) is 9.55 Å². The van der Waals surface area contributed by atoms with E-state index in [1.807, 2.05) is 54.8 Å². The molecule has 0 radical (unpaired) electrons. The molecule has 3 aromatic carbocycles. The molecule has 1 amide bonds. The van der Waals surface area contributed by atoms with E-state index in [2.05, 4.69) is 22.4 Å². The molecule has 5 rings (SSSR count). The fourth-order valence-corrected chi connectivity index (χ4v) is 4.75. The van der Waals surface area contributed by atoms with E-state index >= 15 is 0 Å². The van der Waals surface area contributed by atoms with Gasteiger partial charge in [-0.1, -0.05) is 48.5 Å². The third-order valence-corrected chi connectivity index (χ3v) is 6.28. The largest absolute Gasteiger partial charge is 0.492 e. The van der Waals surface area contributed by atoms with E-state index in [0.717, 1.165) is 21.9 Å². The van der Waals surface area contributed by atoms with Crippen LogP contribution in [0, 0.1) is 0 Å². The standard InChI is InChI=1S/C26H21N3O3S/c1-2-32-22-10-6-5-9-21(22)28-23(30)14-29-16-27-25-24(26(29)31)20(15-33-25)19-12-11-17-7-3-4-8-18(17)13-19/h3-13,15-16H,2,14H2,1H3,(H,28,30). The Balaban J connectivity index is 1.47. The molecule has 1 N–H and O–H groups in total. The van der Waals surface area contributed by atoms with Gasteiger partial charge < -0.3 is 10.1 Å². The van der Waals surface area contributed by atoms with Crippen LogP contribution in [0.5, 0.6) is 5.75 Å². The van der Waals surface area contributed by atoms with Crippen LogP contribution in [-0.4, -0.2) is 22.1 Å². The first-order valence-electron chi connectivity index (χ1n) is 10.6. The highest BCUT2D eigenvalue weighted by atomic mass is 32.1. The van der Waals surface area contributed by atoms with E-state index in [1.54, 1.807) is 12.1 Å². The number of benzene rings is 3. The molecule has 0 saturated heterocycles. The van der Waals surface area contributed by atoms with Gasteiger partial charge in [0.2, 0.25) is 5.91 Å². The smallest absolute Gasteiger partial charge is 0.263 e. The van der Waals surface area contributed by atoms with Crippen molar-refractivity contribution in [3.63, 3.8) is 0 Å². The number of hydrogen-bond donors (Lipinski definition) is 1. The van der Waals surface area contributed by atoms with Crippen LogP contribution >= 0.6 is 11.3 Å². The number of aromatic nitrogens is 2. The number of hydrogen-bond acceptors (Lipinski definition) is 5. The zero-order valence-electron chi connectivity index (χ0n) is 17.9. The molecule has 164 valence electrons. The van der Waals surface area contributed by atoms with Gasteiger partial charge in [0.05, 0.1) is 24.0 Å². The van der Waals surface area contributed by atoms with E-state index in [9.17, 15) is 9.59 Å². The molecule has 0 aliphatic carbocycles. The van der Waals surface area contributed by atoms with Crippen LogP contribution in [0.3, 0.4) is 0 Å². The predicted octanol–water partition coefficient (Wildman–Crippen LogP) is 5.32. The normalized spacial score (nSPS) is 11.1. The van der Waals surface area contributed by atoms with Crippen LogP contribution < -0.4 is 15.6 Å². The van der Waals surface area contributed by atoms with Gasteiger partial charge in [-0.25, -0.2) is 4.98 Å². The molecule has 0 spiro atoms. The zero-order chi connectivity index (χ0) is 22.8. The number of para-hydroxylation sites is 2. The lowest BCUT2D eigenvalue weighted by Gasteiger charge is -2.12. The monoisotopic (exact) mass is 455 g/mol. The first-order valence-corrected chi connectivity index (χ1v) is 11.5. The van der Waals surface area contributed by atoms with Crippen LogP contribution in [0.25, 0.3) is 32.1 Å². The highest BCUT2D eigenvalue weighted by molar-refractivity contribution is 7.17. The topological polar surface area (TPSA) is 73.2 Å². The van der Waals surface area contributed by atoms with E-state index in [0.29, 0.717) is 28.3 Å². The number of nitrogens with one attached hydrogen (secondary N) is 1. The Bertz CT molecular complexity index is 1540. The quantitative estimate of drug-likeness (QED) is 0.376. The highest BCUT2D eigenvalue weighted by Gasteiger charge is 2.16. The van der Waals surface area contributed by atoms with Crippen molar-refractivity contribution in [2.75, 3.05) is 11.9 Å². The Morgan fingerprint density at radius 3 is 2.70 bits per heavy atom. The van der Waals surface area contributed by atoms with E-state index in [4.69, 9.17) is 4.74 Å². The molecular weight excluding hydrogens is 434 g/mol. The number of ether oxygens (including phenoxy) is 1. The molecule has 0 saturated carbocycles. The Labute approximate surface area is 194 Å². The van der Waals surface area contributed by atoms with Crippen molar-refractivity contribution in [1.29, 1.82) is 0 Å². The lowest BCUT2D eigenvalue weighted by molar-refractivity contribution is -0.116. The molecule has 7 heteroatoms. The van der Waals surface area contributed by atoms with Gasteiger partial charge in [0.1, 0.15) is 17.1 Å². The number of thiophene rings is 1. The van der Waals surface area contributed by atoms with Gasteiger partial charge in [-0.3, -0.25) is 14.2 Å². The first kappa shape index (κ1) is 20.9. The molecule has 2 aromatic heterocycles. The molecule has 0 fully saturated rings. The number of carbonyl (C=O) groups excluding carboxylic acids is 1. The summed E-state index contributed by atoms with van der Waals surface area (Å²) in [5, 5.41) is 7.55. The summed E-state index contributed by atoms with van der Waals surface area (Å²) in [6, 6.07) is 21.5.